The normalized spacial score (nSPS) is 23.2. The van der Waals surface area contributed by atoms with Crippen LogP contribution >= 0.6 is 11.3 Å². The summed E-state index contributed by atoms with van der Waals surface area (Å²) < 4.78 is 6.07. The summed E-state index contributed by atoms with van der Waals surface area (Å²) in [5.41, 5.74) is 0.563. The molecule has 1 N–H and O–H groups in total. The molecule has 206 valence electrons. The molecule has 0 aromatic carbocycles. The van der Waals surface area contributed by atoms with E-state index < -0.39 is 5.97 Å². The molecule has 0 aliphatic heterocycles. The van der Waals surface area contributed by atoms with E-state index >= 15 is 0 Å². The van der Waals surface area contributed by atoms with Gasteiger partial charge in [-0.25, -0.2) is 9.78 Å². The summed E-state index contributed by atoms with van der Waals surface area (Å²) in [6.45, 7) is 8.26. The SMILES string of the molecule is CC(C)(C)C#Cc1cc(N(C(=O)[C@H]2CC[C@H](C)CC2)C2CCC(Oc3cccc(C#N)n3)CC2)c(C(=O)O)s1. The van der Waals surface area contributed by atoms with Crippen molar-refractivity contribution in [2.75, 3.05) is 4.90 Å². The minimum absolute atomic E-state index is 0.0327. The Hall–Kier alpha value is -3.36. The molecule has 2 aliphatic rings. The van der Waals surface area contributed by atoms with Crippen LogP contribution in [0.15, 0.2) is 24.3 Å². The average molecular weight is 548 g/mol. The number of aromatic carboxylic acids is 1. The maximum absolute atomic E-state index is 14.1. The molecule has 1 amide bonds. The predicted octanol–water partition coefficient (Wildman–Crippen LogP) is 6.66. The van der Waals surface area contributed by atoms with Crippen LogP contribution in [0.1, 0.15) is 99.3 Å². The maximum Gasteiger partial charge on any atom is 0.348 e. The second-order valence-electron chi connectivity index (χ2n) is 11.8. The van der Waals surface area contributed by atoms with Crippen LogP contribution in [0.3, 0.4) is 0 Å². The predicted molar refractivity (Wildman–Crippen MR) is 152 cm³/mol. The van der Waals surface area contributed by atoms with Gasteiger partial charge < -0.3 is 14.7 Å². The number of amides is 1. The molecule has 0 radical (unpaired) electrons. The van der Waals surface area contributed by atoms with Gasteiger partial charge in [-0.2, -0.15) is 5.26 Å². The molecule has 2 aromatic rings. The van der Waals surface area contributed by atoms with Crippen LogP contribution in [0.5, 0.6) is 5.88 Å². The maximum atomic E-state index is 14.1. The zero-order valence-corrected chi connectivity index (χ0v) is 24.0. The number of hydrogen-bond donors (Lipinski definition) is 1. The highest BCUT2D eigenvalue weighted by atomic mass is 32.1. The van der Waals surface area contributed by atoms with E-state index in [0.29, 0.717) is 53.7 Å². The standard InChI is InChI=1S/C31H37N3O4S/c1-20-8-10-21(11-9-20)29(35)34(26-18-25(16-17-31(2,3)4)39-28(26)30(36)37)23-12-14-24(15-13-23)38-27-7-5-6-22(19-32)33-27/h5-7,18,20-21,23-24H,8-15H2,1-4H3,(H,36,37)/t20-,21-,23?,24?. The van der Waals surface area contributed by atoms with E-state index in [1.54, 1.807) is 29.2 Å². The first-order valence-corrected chi connectivity index (χ1v) is 14.6. The van der Waals surface area contributed by atoms with Crippen LogP contribution in [-0.4, -0.2) is 34.1 Å². The highest BCUT2D eigenvalue weighted by Crippen LogP contribution is 2.39. The molecule has 0 bridgehead atoms. The largest absolute Gasteiger partial charge is 0.477 e. The molecule has 2 aromatic heterocycles. The minimum Gasteiger partial charge on any atom is -0.477 e. The van der Waals surface area contributed by atoms with Crippen molar-refractivity contribution in [1.82, 2.24) is 4.98 Å². The summed E-state index contributed by atoms with van der Waals surface area (Å²) in [6.07, 6.45) is 6.40. The summed E-state index contributed by atoms with van der Waals surface area (Å²) in [4.78, 5) is 33.3. The monoisotopic (exact) mass is 547 g/mol. The van der Waals surface area contributed by atoms with Crippen molar-refractivity contribution in [2.24, 2.45) is 17.3 Å². The van der Waals surface area contributed by atoms with Gasteiger partial charge in [0, 0.05) is 23.4 Å². The van der Waals surface area contributed by atoms with E-state index in [9.17, 15) is 14.7 Å². The second kappa shape index (κ2) is 12.2. The van der Waals surface area contributed by atoms with Crippen LogP contribution < -0.4 is 9.64 Å². The first kappa shape index (κ1) is 28.6. The Morgan fingerprint density at radius 3 is 2.41 bits per heavy atom. The van der Waals surface area contributed by atoms with Crippen molar-refractivity contribution in [3.05, 3.63) is 39.7 Å². The summed E-state index contributed by atoms with van der Waals surface area (Å²) in [5.74, 6) is 6.27. The zero-order chi connectivity index (χ0) is 28.2. The highest BCUT2D eigenvalue weighted by Gasteiger charge is 2.38. The number of rotatable bonds is 6. The molecular weight excluding hydrogens is 510 g/mol. The number of nitrogens with zero attached hydrogens (tertiary/aromatic N) is 3. The third-order valence-corrected chi connectivity index (χ3v) is 8.49. The number of carboxylic acid groups (broad SMARTS) is 1. The fourth-order valence-electron chi connectivity index (χ4n) is 5.36. The topological polar surface area (TPSA) is 104 Å². The first-order valence-electron chi connectivity index (χ1n) is 13.8. The summed E-state index contributed by atoms with van der Waals surface area (Å²) in [6, 6.07) is 8.85. The Balaban J connectivity index is 1.60. The Morgan fingerprint density at radius 2 is 1.79 bits per heavy atom. The number of nitriles is 1. The van der Waals surface area contributed by atoms with Gasteiger partial charge >= 0.3 is 5.97 Å². The lowest BCUT2D eigenvalue weighted by Gasteiger charge is -2.39. The molecule has 2 aliphatic carbocycles. The number of hydrogen-bond acceptors (Lipinski definition) is 6. The fraction of sp³-hybridized carbons (Fsp3) is 0.548. The quantitative estimate of drug-likeness (QED) is 0.406. The Bertz CT molecular complexity index is 1290. The van der Waals surface area contributed by atoms with Crippen molar-refractivity contribution in [3.63, 3.8) is 0 Å². The molecule has 39 heavy (non-hydrogen) atoms. The Kier molecular flexibility index (Phi) is 8.97. The molecule has 7 nitrogen and oxygen atoms in total. The van der Waals surface area contributed by atoms with Crippen molar-refractivity contribution >= 4 is 28.9 Å². The lowest BCUT2D eigenvalue weighted by molar-refractivity contribution is -0.124. The minimum atomic E-state index is -1.03. The third-order valence-electron chi connectivity index (χ3n) is 7.46. The van der Waals surface area contributed by atoms with Crippen molar-refractivity contribution in [2.45, 2.75) is 91.2 Å². The van der Waals surface area contributed by atoms with Crippen LogP contribution in [0.4, 0.5) is 5.69 Å². The number of pyridine rings is 1. The van der Waals surface area contributed by atoms with E-state index in [0.717, 1.165) is 37.0 Å². The van der Waals surface area contributed by atoms with Gasteiger partial charge in [0.2, 0.25) is 11.8 Å². The molecule has 2 saturated carbocycles. The lowest BCUT2D eigenvalue weighted by atomic mass is 9.81. The smallest absolute Gasteiger partial charge is 0.348 e. The van der Waals surface area contributed by atoms with Crippen molar-refractivity contribution < 1.29 is 19.4 Å². The van der Waals surface area contributed by atoms with Gasteiger partial charge in [-0.15, -0.1) is 11.3 Å². The van der Waals surface area contributed by atoms with Gasteiger partial charge in [-0.05, 0) is 90.2 Å². The van der Waals surface area contributed by atoms with Crippen molar-refractivity contribution in [3.8, 4) is 23.8 Å². The molecule has 0 unspecified atom stereocenters. The molecular formula is C31H37N3O4S. The lowest BCUT2D eigenvalue weighted by Crippen LogP contribution is -2.47. The number of carboxylic acids is 1. The molecule has 2 fully saturated rings. The molecule has 2 heterocycles. The highest BCUT2D eigenvalue weighted by molar-refractivity contribution is 7.15. The number of carbonyl (C=O) groups is 2. The van der Waals surface area contributed by atoms with E-state index in [1.807, 2.05) is 26.8 Å². The third kappa shape index (κ3) is 7.40. The van der Waals surface area contributed by atoms with Crippen LogP contribution in [0.25, 0.3) is 0 Å². The van der Waals surface area contributed by atoms with Gasteiger partial charge in [0.15, 0.2) is 0 Å². The second-order valence-corrected chi connectivity index (χ2v) is 12.9. The molecule has 0 spiro atoms. The van der Waals surface area contributed by atoms with Gasteiger partial charge in [-0.1, -0.05) is 24.8 Å². The summed E-state index contributed by atoms with van der Waals surface area (Å²) >= 11 is 1.14. The summed E-state index contributed by atoms with van der Waals surface area (Å²) in [7, 11) is 0. The molecule has 8 heteroatoms. The van der Waals surface area contributed by atoms with Gasteiger partial charge in [0.25, 0.3) is 0 Å². The van der Waals surface area contributed by atoms with E-state index in [-0.39, 0.29) is 34.3 Å². The van der Waals surface area contributed by atoms with E-state index in [2.05, 4.69) is 23.7 Å². The number of aromatic nitrogens is 1. The van der Waals surface area contributed by atoms with Gasteiger partial charge in [-0.3, -0.25) is 4.79 Å². The molecule has 0 atom stereocenters. The fourth-order valence-corrected chi connectivity index (χ4v) is 6.20. The van der Waals surface area contributed by atoms with Gasteiger partial charge in [0.1, 0.15) is 22.7 Å². The van der Waals surface area contributed by atoms with Gasteiger partial charge in [0.05, 0.1) is 10.6 Å². The van der Waals surface area contributed by atoms with Crippen LogP contribution in [-0.2, 0) is 4.79 Å². The van der Waals surface area contributed by atoms with Crippen LogP contribution in [0.2, 0.25) is 0 Å². The molecule has 0 saturated heterocycles. The number of thiophene rings is 1. The number of ether oxygens (including phenoxy) is 1. The van der Waals surface area contributed by atoms with E-state index in [4.69, 9.17) is 10.00 Å². The van der Waals surface area contributed by atoms with Crippen LogP contribution in [0, 0.1) is 40.4 Å². The van der Waals surface area contributed by atoms with E-state index in [1.165, 1.54) is 0 Å². The zero-order valence-electron chi connectivity index (χ0n) is 23.2. The molecule has 4 rings (SSSR count). The number of carbonyl (C=O) groups excluding carboxylic acids is 1. The Labute approximate surface area is 235 Å². The summed E-state index contributed by atoms with van der Waals surface area (Å²) in [5, 5.41) is 19.2. The average Bonchev–Trinajstić information content (AvgIpc) is 3.33. The van der Waals surface area contributed by atoms with Crippen molar-refractivity contribution in [1.29, 1.82) is 5.26 Å². The number of anilines is 1. The first-order chi connectivity index (χ1) is 18.5. The Morgan fingerprint density at radius 1 is 1.10 bits per heavy atom.